The number of carbonyl (C=O) groups excluding carboxylic acids is 1. The Bertz CT molecular complexity index is 997. The summed E-state index contributed by atoms with van der Waals surface area (Å²) in [6.07, 6.45) is 2.07. The van der Waals surface area contributed by atoms with Crippen LogP contribution in [-0.4, -0.2) is 36.2 Å². The summed E-state index contributed by atoms with van der Waals surface area (Å²) in [4.78, 5) is 11.4. The number of H-pyrrole nitrogens is 1. The quantitative estimate of drug-likeness (QED) is 0.757. The van der Waals surface area contributed by atoms with E-state index in [1.807, 2.05) is 6.92 Å². The summed E-state index contributed by atoms with van der Waals surface area (Å²) in [5.74, 6) is -1.93. The van der Waals surface area contributed by atoms with E-state index >= 15 is 4.39 Å². The topological polar surface area (TPSA) is 115 Å². The monoisotopic (exact) mass is 366 g/mol. The molecule has 1 saturated carbocycles. The maximum atomic E-state index is 15.1. The number of phenolic OH excluding ortho intramolecular Hbond substituents is 1. The number of carbonyl (C=O) groups is 1. The largest absolute Gasteiger partial charge is 0.506 e. The van der Waals surface area contributed by atoms with Gasteiger partial charge in [-0.2, -0.15) is 13.5 Å². The fourth-order valence-corrected chi connectivity index (χ4v) is 4.22. The highest BCUT2D eigenvalue weighted by molar-refractivity contribution is 7.92. The van der Waals surface area contributed by atoms with Crippen molar-refractivity contribution in [3.63, 3.8) is 0 Å². The second-order valence-corrected chi connectivity index (χ2v) is 7.81. The normalized spacial score (nSPS) is 19.3. The molecule has 0 radical (unpaired) electrons. The van der Waals surface area contributed by atoms with Gasteiger partial charge in [-0.15, -0.1) is 0 Å². The number of halogens is 1. The summed E-state index contributed by atoms with van der Waals surface area (Å²) in [6, 6.07) is 2.55. The number of aromatic amines is 1. The molecular formula is C15H15FN4O4S. The molecule has 2 aliphatic rings. The first-order valence-electron chi connectivity index (χ1n) is 7.69. The first kappa shape index (κ1) is 15.9. The fourth-order valence-electron chi connectivity index (χ4n) is 3.06. The number of rotatable bonds is 3. The van der Waals surface area contributed by atoms with E-state index in [-0.39, 0.29) is 5.56 Å². The van der Waals surface area contributed by atoms with Gasteiger partial charge in [0.2, 0.25) is 0 Å². The van der Waals surface area contributed by atoms with Crippen LogP contribution in [0.4, 0.5) is 10.1 Å². The minimum Gasteiger partial charge on any atom is -0.506 e. The van der Waals surface area contributed by atoms with Gasteiger partial charge >= 0.3 is 10.2 Å². The summed E-state index contributed by atoms with van der Waals surface area (Å²) >= 11 is 0. The highest BCUT2D eigenvalue weighted by Crippen LogP contribution is 2.44. The lowest BCUT2D eigenvalue weighted by Gasteiger charge is -2.18. The van der Waals surface area contributed by atoms with Gasteiger partial charge in [-0.3, -0.25) is 9.89 Å². The molecule has 8 nitrogen and oxygen atoms in total. The molecule has 25 heavy (non-hydrogen) atoms. The second-order valence-electron chi connectivity index (χ2n) is 6.21. The summed E-state index contributed by atoms with van der Waals surface area (Å²) in [7, 11) is -4.23. The van der Waals surface area contributed by atoms with Gasteiger partial charge in [-0.25, -0.2) is 13.4 Å². The Kier molecular flexibility index (Phi) is 3.29. The standard InChI is InChI=1S/C15H15FN4O4S/c1-7-13(8-2-3-8)17-18-14(7)9-4-5-10(21)15(12(9)16)20-6-11(22)19-25(20,23)24/h4-5,8,21H,2-3,6H2,1H3,(H,17,18)(H,19,22). The average Bonchev–Trinajstić information content (AvgIpc) is 3.24. The van der Waals surface area contributed by atoms with Gasteiger partial charge in [0.05, 0.1) is 11.4 Å². The molecule has 1 aromatic heterocycles. The number of hydrogen-bond acceptors (Lipinski definition) is 5. The number of nitrogens with zero attached hydrogens (tertiary/aromatic N) is 2. The van der Waals surface area contributed by atoms with Gasteiger partial charge in [0, 0.05) is 11.5 Å². The van der Waals surface area contributed by atoms with Crippen LogP contribution in [-0.2, 0) is 15.0 Å². The molecule has 10 heteroatoms. The van der Waals surface area contributed by atoms with Crippen molar-refractivity contribution in [2.45, 2.75) is 25.7 Å². The third kappa shape index (κ3) is 2.44. The van der Waals surface area contributed by atoms with Crippen molar-refractivity contribution in [3.8, 4) is 17.0 Å². The zero-order valence-electron chi connectivity index (χ0n) is 13.2. The smallest absolute Gasteiger partial charge is 0.326 e. The second kappa shape index (κ2) is 5.19. The number of nitrogens with one attached hydrogen (secondary N) is 2. The molecule has 0 atom stereocenters. The molecule has 2 fully saturated rings. The maximum absolute atomic E-state index is 15.1. The van der Waals surface area contributed by atoms with E-state index in [0.717, 1.165) is 24.1 Å². The lowest BCUT2D eigenvalue weighted by atomic mass is 10.0. The number of phenols is 1. The zero-order chi connectivity index (χ0) is 17.9. The molecule has 132 valence electrons. The number of aromatic nitrogens is 2. The van der Waals surface area contributed by atoms with Crippen molar-refractivity contribution in [1.29, 1.82) is 0 Å². The van der Waals surface area contributed by atoms with Crippen molar-refractivity contribution >= 4 is 21.8 Å². The fraction of sp³-hybridized carbons (Fsp3) is 0.333. The Labute approximate surface area is 142 Å². The van der Waals surface area contributed by atoms with E-state index < -0.39 is 39.9 Å². The van der Waals surface area contributed by atoms with Crippen LogP contribution >= 0.6 is 0 Å². The van der Waals surface area contributed by atoms with E-state index in [1.165, 1.54) is 12.1 Å². The van der Waals surface area contributed by atoms with Crippen LogP contribution in [0, 0.1) is 12.7 Å². The first-order valence-corrected chi connectivity index (χ1v) is 9.13. The van der Waals surface area contributed by atoms with Gasteiger partial charge in [0.15, 0.2) is 5.82 Å². The van der Waals surface area contributed by atoms with Gasteiger partial charge in [0.1, 0.15) is 18.0 Å². The van der Waals surface area contributed by atoms with Gasteiger partial charge in [-0.05, 0) is 37.5 Å². The molecule has 0 unspecified atom stereocenters. The molecule has 0 spiro atoms. The van der Waals surface area contributed by atoms with E-state index in [0.29, 0.717) is 15.9 Å². The van der Waals surface area contributed by atoms with Crippen LogP contribution in [0.3, 0.4) is 0 Å². The Morgan fingerprint density at radius 1 is 1.36 bits per heavy atom. The lowest BCUT2D eigenvalue weighted by Crippen LogP contribution is -2.30. The Hall–Kier alpha value is -2.62. The van der Waals surface area contributed by atoms with Crippen molar-refractivity contribution in [2.75, 3.05) is 10.8 Å². The molecule has 2 aromatic rings. The number of hydrogen-bond donors (Lipinski definition) is 3. The van der Waals surface area contributed by atoms with E-state index in [1.54, 1.807) is 4.72 Å². The minimum atomic E-state index is -4.23. The third-order valence-electron chi connectivity index (χ3n) is 4.45. The van der Waals surface area contributed by atoms with Crippen LogP contribution in [0.15, 0.2) is 12.1 Å². The van der Waals surface area contributed by atoms with Crippen molar-refractivity contribution in [3.05, 3.63) is 29.2 Å². The van der Waals surface area contributed by atoms with Crippen LogP contribution in [0.2, 0.25) is 0 Å². The Morgan fingerprint density at radius 3 is 2.68 bits per heavy atom. The number of benzene rings is 1. The van der Waals surface area contributed by atoms with Gasteiger partial charge < -0.3 is 5.11 Å². The van der Waals surface area contributed by atoms with Crippen LogP contribution in [0.25, 0.3) is 11.3 Å². The predicted octanol–water partition coefficient (Wildman–Crippen LogP) is 1.29. The van der Waals surface area contributed by atoms with Crippen molar-refractivity contribution in [1.82, 2.24) is 14.9 Å². The lowest BCUT2D eigenvalue weighted by molar-refractivity contribution is -0.117. The number of anilines is 1. The zero-order valence-corrected chi connectivity index (χ0v) is 14.0. The molecule has 1 amide bonds. The molecular weight excluding hydrogens is 351 g/mol. The molecule has 1 aliphatic carbocycles. The third-order valence-corrected chi connectivity index (χ3v) is 5.82. The van der Waals surface area contributed by atoms with Crippen LogP contribution in [0.5, 0.6) is 5.75 Å². The van der Waals surface area contributed by atoms with Gasteiger partial charge in [0.25, 0.3) is 5.91 Å². The molecule has 1 saturated heterocycles. The predicted molar refractivity (Wildman–Crippen MR) is 86.8 cm³/mol. The summed E-state index contributed by atoms with van der Waals surface area (Å²) < 4.78 is 41.4. The summed E-state index contributed by atoms with van der Waals surface area (Å²) in [5.41, 5.74) is 1.61. The molecule has 1 aliphatic heterocycles. The molecule has 2 heterocycles. The Morgan fingerprint density at radius 2 is 2.08 bits per heavy atom. The maximum Gasteiger partial charge on any atom is 0.326 e. The molecule has 0 bridgehead atoms. The van der Waals surface area contributed by atoms with Crippen LogP contribution < -0.4 is 9.03 Å². The van der Waals surface area contributed by atoms with E-state index in [2.05, 4.69) is 10.2 Å². The summed E-state index contributed by atoms with van der Waals surface area (Å²) in [6.45, 7) is 1.22. The van der Waals surface area contributed by atoms with Gasteiger partial charge in [-0.1, -0.05) is 0 Å². The highest BCUT2D eigenvalue weighted by atomic mass is 32.2. The summed E-state index contributed by atoms with van der Waals surface area (Å²) in [5, 5.41) is 17.0. The van der Waals surface area contributed by atoms with E-state index in [4.69, 9.17) is 0 Å². The molecule has 1 aromatic carbocycles. The van der Waals surface area contributed by atoms with Crippen LogP contribution in [0.1, 0.15) is 30.0 Å². The Balaban J connectivity index is 1.86. The van der Waals surface area contributed by atoms with E-state index in [9.17, 15) is 18.3 Å². The number of amides is 1. The molecule has 4 rings (SSSR count). The number of aromatic hydroxyl groups is 1. The minimum absolute atomic E-state index is 0.0826. The average molecular weight is 366 g/mol. The van der Waals surface area contributed by atoms with Crippen molar-refractivity contribution in [2.24, 2.45) is 0 Å². The SMILES string of the molecule is Cc1c(C2CC2)n[nH]c1-c1ccc(O)c(N2CC(=O)NS2(=O)=O)c1F. The molecule has 3 N–H and O–H groups in total. The van der Waals surface area contributed by atoms with Crippen molar-refractivity contribution < 1.29 is 22.7 Å². The first-order chi connectivity index (χ1) is 11.8. The highest BCUT2D eigenvalue weighted by Gasteiger charge is 2.38.